The summed E-state index contributed by atoms with van der Waals surface area (Å²) in [6.07, 6.45) is 0. The highest BCUT2D eigenvalue weighted by Gasteiger charge is 2.36. The maximum Gasteiger partial charge on any atom is 0.230 e. The van der Waals surface area contributed by atoms with Gasteiger partial charge < -0.3 is 22.7 Å². The van der Waals surface area contributed by atoms with E-state index in [1.54, 1.807) is 0 Å². The maximum atomic E-state index is 12.6. The second kappa shape index (κ2) is 15.2. The van der Waals surface area contributed by atoms with Crippen molar-refractivity contribution in [2.45, 2.75) is 27.7 Å². The molecule has 10 aromatic carbocycles. The largest absolute Gasteiger partial charge is 0.436 e. The molecule has 0 aliphatic rings. The van der Waals surface area contributed by atoms with E-state index in [9.17, 15) is 5.26 Å². The number of hydrogen-bond donors (Lipinski definition) is 0. The van der Waals surface area contributed by atoms with Crippen molar-refractivity contribution in [3.63, 3.8) is 0 Å². The van der Waals surface area contributed by atoms with Gasteiger partial charge in [0.2, 0.25) is 5.89 Å². The van der Waals surface area contributed by atoms with Gasteiger partial charge >= 0.3 is 0 Å². The molecule has 15 rings (SSSR count). The smallest absolute Gasteiger partial charge is 0.230 e. The standard InChI is InChI=1S/C66H44N6O/c1-38-25-29-56-46(33-38)42-15-5-10-20-52(42)69(56)62-50(37-67)61(66-68-51-19-9-14-24-60(51)73-66)63(70-53-21-11-6-16-43(53)47-34-39(2)26-30-57(47)70)65(72-55-23-13-8-18-45(55)49-36-41(4)28-32-59(49)72)64(62)71-54-22-12-7-17-44(54)48-35-40(3)27-31-58(48)71/h5-36H,1-4H3. The van der Waals surface area contributed by atoms with Gasteiger partial charge in [-0.25, -0.2) is 4.98 Å². The summed E-state index contributed by atoms with van der Waals surface area (Å²) in [5.74, 6) is 0.353. The number of para-hydroxylation sites is 6. The average molecular weight is 937 g/mol. The lowest BCUT2D eigenvalue weighted by atomic mass is 9.97. The Bertz CT molecular complexity index is 4890. The third kappa shape index (κ3) is 5.72. The first-order chi connectivity index (χ1) is 35.8. The van der Waals surface area contributed by atoms with Crippen LogP contribution in [0.15, 0.2) is 199 Å². The van der Waals surface area contributed by atoms with Gasteiger partial charge in [0.1, 0.15) is 11.6 Å². The Hall–Kier alpha value is -9.64. The van der Waals surface area contributed by atoms with E-state index >= 15 is 0 Å². The fourth-order valence-corrected chi connectivity index (χ4v) is 12.2. The van der Waals surface area contributed by atoms with Crippen LogP contribution in [0.3, 0.4) is 0 Å². The van der Waals surface area contributed by atoms with Gasteiger partial charge in [-0.15, -0.1) is 0 Å². The van der Waals surface area contributed by atoms with Gasteiger partial charge in [-0.05, 0) is 113 Å². The van der Waals surface area contributed by atoms with E-state index in [0.717, 1.165) is 121 Å². The number of aryl methyl sites for hydroxylation is 4. The normalized spacial score (nSPS) is 12.1. The zero-order chi connectivity index (χ0) is 48.8. The topological polar surface area (TPSA) is 69.5 Å². The molecule has 7 heteroatoms. The zero-order valence-corrected chi connectivity index (χ0v) is 40.6. The zero-order valence-electron chi connectivity index (χ0n) is 40.6. The molecule has 5 aromatic heterocycles. The first kappa shape index (κ1) is 41.2. The van der Waals surface area contributed by atoms with Crippen molar-refractivity contribution in [3.8, 4) is 40.3 Å². The quantitative estimate of drug-likeness (QED) is 0.173. The van der Waals surface area contributed by atoms with Crippen LogP contribution in [0.2, 0.25) is 0 Å². The Morgan fingerprint density at radius 1 is 0.356 bits per heavy atom. The van der Waals surface area contributed by atoms with Gasteiger partial charge in [0.05, 0.1) is 78.0 Å². The molecule has 0 unspecified atom stereocenters. The monoisotopic (exact) mass is 936 g/mol. The lowest BCUT2D eigenvalue weighted by Crippen LogP contribution is -2.17. The first-order valence-corrected chi connectivity index (χ1v) is 24.9. The molecule has 0 bridgehead atoms. The van der Waals surface area contributed by atoms with Crippen LogP contribution in [-0.2, 0) is 0 Å². The van der Waals surface area contributed by atoms with Gasteiger partial charge in [-0.1, -0.05) is 131 Å². The van der Waals surface area contributed by atoms with Crippen molar-refractivity contribution in [1.29, 1.82) is 5.26 Å². The van der Waals surface area contributed by atoms with Crippen molar-refractivity contribution in [2.24, 2.45) is 0 Å². The number of hydrogen-bond acceptors (Lipinski definition) is 3. The Balaban J connectivity index is 1.33. The lowest BCUT2D eigenvalue weighted by Gasteiger charge is -2.28. The fourth-order valence-electron chi connectivity index (χ4n) is 12.2. The lowest BCUT2D eigenvalue weighted by molar-refractivity contribution is 0.619. The molecule has 5 heterocycles. The number of nitrogens with zero attached hydrogens (tertiary/aromatic N) is 6. The summed E-state index contributed by atoms with van der Waals surface area (Å²) < 4.78 is 16.7. The summed E-state index contributed by atoms with van der Waals surface area (Å²) in [4.78, 5) is 5.40. The van der Waals surface area contributed by atoms with Crippen molar-refractivity contribution >= 4 is 98.3 Å². The molecular weight excluding hydrogens is 893 g/mol. The van der Waals surface area contributed by atoms with E-state index in [1.807, 2.05) is 24.3 Å². The molecule has 0 aliphatic carbocycles. The van der Waals surface area contributed by atoms with E-state index in [0.29, 0.717) is 33.8 Å². The van der Waals surface area contributed by atoms with E-state index in [1.165, 1.54) is 5.56 Å². The van der Waals surface area contributed by atoms with E-state index in [-0.39, 0.29) is 0 Å². The van der Waals surface area contributed by atoms with Crippen LogP contribution in [0.5, 0.6) is 0 Å². The Morgan fingerprint density at radius 3 is 1.08 bits per heavy atom. The Labute approximate surface area is 419 Å². The SMILES string of the molecule is Cc1ccc2c(c1)c1ccccc1n2-c1c(C#N)c(-c2nc3ccccc3o2)c(-n2c3ccccc3c3cc(C)ccc32)c(-n2c3ccccc3c3cc(C)ccc32)c1-n1c2ccccc2c2cc(C)ccc21. The van der Waals surface area contributed by atoms with Gasteiger partial charge in [0, 0.05) is 43.1 Å². The third-order valence-electron chi connectivity index (χ3n) is 15.2. The predicted molar refractivity (Wildman–Crippen MR) is 300 cm³/mol. The van der Waals surface area contributed by atoms with Crippen LogP contribution in [0.4, 0.5) is 0 Å². The molecule has 0 fully saturated rings. The van der Waals surface area contributed by atoms with Crippen molar-refractivity contribution < 1.29 is 4.42 Å². The highest BCUT2D eigenvalue weighted by atomic mass is 16.3. The van der Waals surface area contributed by atoms with Crippen LogP contribution in [0, 0.1) is 39.0 Å². The summed E-state index contributed by atoms with van der Waals surface area (Å²) in [6.45, 7) is 8.62. The number of fused-ring (bicyclic) bond motifs is 13. The number of benzene rings is 10. The summed E-state index contributed by atoms with van der Waals surface area (Å²) in [5.41, 5.74) is 18.2. The van der Waals surface area contributed by atoms with Gasteiger partial charge in [-0.3, -0.25) is 0 Å². The highest BCUT2D eigenvalue weighted by molar-refractivity contribution is 6.17. The molecule has 0 radical (unpaired) electrons. The molecular formula is C66H44N6O. The number of oxazole rings is 1. The molecule has 0 aliphatic heterocycles. The summed E-state index contributed by atoms with van der Waals surface area (Å²) in [5, 5.41) is 21.5. The number of nitriles is 1. The van der Waals surface area contributed by atoms with Crippen LogP contribution in [-0.4, -0.2) is 23.3 Å². The van der Waals surface area contributed by atoms with E-state index in [2.05, 4.69) is 222 Å². The molecule has 73 heavy (non-hydrogen) atoms. The molecule has 7 nitrogen and oxygen atoms in total. The molecule has 344 valence electrons. The third-order valence-corrected chi connectivity index (χ3v) is 15.2. The molecule has 0 spiro atoms. The van der Waals surface area contributed by atoms with E-state index in [4.69, 9.17) is 9.40 Å². The van der Waals surface area contributed by atoms with Crippen molar-refractivity contribution in [2.75, 3.05) is 0 Å². The van der Waals surface area contributed by atoms with Crippen molar-refractivity contribution in [1.82, 2.24) is 23.3 Å². The summed E-state index contributed by atoms with van der Waals surface area (Å²) in [6, 6.07) is 72.5. The van der Waals surface area contributed by atoms with E-state index < -0.39 is 0 Å². The van der Waals surface area contributed by atoms with Crippen LogP contribution in [0.1, 0.15) is 27.8 Å². The average Bonchev–Trinajstić information content (AvgIpc) is 4.22. The fraction of sp³-hybridized carbons (Fsp3) is 0.0606. The molecule has 0 saturated heterocycles. The summed E-state index contributed by atoms with van der Waals surface area (Å²) >= 11 is 0. The molecule has 0 saturated carbocycles. The Kier molecular flexibility index (Phi) is 8.56. The van der Waals surface area contributed by atoms with Crippen LogP contribution < -0.4 is 0 Å². The van der Waals surface area contributed by atoms with Gasteiger partial charge in [-0.2, -0.15) is 5.26 Å². The minimum atomic E-state index is 0.353. The molecule has 0 atom stereocenters. The number of aromatic nitrogens is 5. The van der Waals surface area contributed by atoms with Crippen LogP contribution in [0.25, 0.3) is 133 Å². The predicted octanol–water partition coefficient (Wildman–Crippen LogP) is 17.0. The summed E-state index contributed by atoms with van der Waals surface area (Å²) in [7, 11) is 0. The second-order valence-electron chi connectivity index (χ2n) is 19.7. The molecule has 0 amide bonds. The van der Waals surface area contributed by atoms with Crippen LogP contribution >= 0.6 is 0 Å². The van der Waals surface area contributed by atoms with Crippen molar-refractivity contribution in [3.05, 3.63) is 222 Å². The number of rotatable bonds is 5. The first-order valence-electron chi connectivity index (χ1n) is 24.9. The molecule has 0 N–H and O–H groups in total. The van der Waals surface area contributed by atoms with Gasteiger partial charge in [0.15, 0.2) is 5.58 Å². The highest BCUT2D eigenvalue weighted by Crippen LogP contribution is 2.52. The minimum absolute atomic E-state index is 0.353. The minimum Gasteiger partial charge on any atom is -0.436 e. The second-order valence-corrected chi connectivity index (χ2v) is 19.7. The molecule has 15 aromatic rings. The maximum absolute atomic E-state index is 12.6. The van der Waals surface area contributed by atoms with Gasteiger partial charge in [0.25, 0.3) is 0 Å². The Morgan fingerprint density at radius 2 is 0.685 bits per heavy atom.